The maximum absolute atomic E-state index is 12.0. The minimum absolute atomic E-state index is 0.00333. The van der Waals surface area contributed by atoms with Gasteiger partial charge in [0.1, 0.15) is 17.9 Å². The van der Waals surface area contributed by atoms with Gasteiger partial charge in [-0.3, -0.25) is 9.36 Å². The van der Waals surface area contributed by atoms with E-state index in [-0.39, 0.29) is 5.25 Å². The van der Waals surface area contributed by atoms with Crippen molar-refractivity contribution < 1.29 is 9.53 Å². The van der Waals surface area contributed by atoms with Gasteiger partial charge in [0.05, 0.1) is 18.0 Å². The summed E-state index contributed by atoms with van der Waals surface area (Å²) in [5.41, 5.74) is 0.885. The van der Waals surface area contributed by atoms with E-state index in [1.165, 1.54) is 11.8 Å². The number of hydrogen-bond acceptors (Lipinski definition) is 5. The van der Waals surface area contributed by atoms with Gasteiger partial charge >= 0.3 is 0 Å². The van der Waals surface area contributed by atoms with Crippen LogP contribution in [0.4, 0.5) is 0 Å². The van der Waals surface area contributed by atoms with E-state index in [2.05, 4.69) is 10.2 Å². The zero-order valence-corrected chi connectivity index (χ0v) is 12.7. The van der Waals surface area contributed by atoms with Crippen molar-refractivity contribution in [1.82, 2.24) is 14.8 Å². The molecule has 0 bridgehead atoms. The summed E-state index contributed by atoms with van der Waals surface area (Å²) in [6, 6.07) is 7.71. The molecular formula is C15H17N3O2S. The number of methoxy groups -OCH3 is 1. The van der Waals surface area contributed by atoms with Gasteiger partial charge in [-0.15, -0.1) is 10.2 Å². The monoisotopic (exact) mass is 303 g/mol. The molecule has 1 aromatic heterocycles. The molecular weight excluding hydrogens is 286 g/mol. The van der Waals surface area contributed by atoms with Gasteiger partial charge in [-0.05, 0) is 25.0 Å². The molecule has 2 aromatic rings. The van der Waals surface area contributed by atoms with Gasteiger partial charge in [0.2, 0.25) is 0 Å². The van der Waals surface area contributed by atoms with Gasteiger partial charge in [-0.1, -0.05) is 30.3 Å². The standard InChI is InChI=1S/C15H17N3O2S/c1-20-13-8-4-2-6-11(13)18-10-16-17-15(18)21-14-9-5-3-7-12(14)19/h2,4,6,8,10,14H,3,5,7,9H2,1H3/t14-/m1/s1. The number of benzene rings is 1. The Labute approximate surface area is 127 Å². The summed E-state index contributed by atoms with van der Waals surface area (Å²) in [6.07, 6.45) is 5.37. The predicted octanol–water partition coefficient (Wildman–Crippen LogP) is 2.88. The molecule has 0 radical (unpaired) electrons. The Bertz CT molecular complexity index is 641. The molecule has 0 spiro atoms. The molecule has 6 heteroatoms. The molecule has 5 nitrogen and oxygen atoms in total. The molecule has 1 aliphatic carbocycles. The van der Waals surface area contributed by atoms with E-state index in [0.29, 0.717) is 12.2 Å². The number of thioether (sulfide) groups is 1. The first kappa shape index (κ1) is 14.1. The topological polar surface area (TPSA) is 57.0 Å². The van der Waals surface area contributed by atoms with Gasteiger partial charge < -0.3 is 4.74 Å². The van der Waals surface area contributed by atoms with Gasteiger partial charge in [0, 0.05) is 6.42 Å². The third-order valence-corrected chi connectivity index (χ3v) is 4.88. The van der Waals surface area contributed by atoms with Crippen LogP contribution in [0.25, 0.3) is 5.69 Å². The zero-order chi connectivity index (χ0) is 14.7. The van der Waals surface area contributed by atoms with Crippen LogP contribution in [0, 0.1) is 0 Å². The van der Waals surface area contributed by atoms with Crippen LogP contribution in [0.3, 0.4) is 0 Å². The summed E-state index contributed by atoms with van der Waals surface area (Å²) in [7, 11) is 1.64. The number of nitrogens with zero attached hydrogens (tertiary/aromatic N) is 3. The quantitative estimate of drug-likeness (QED) is 0.869. The number of Topliss-reactive ketones (excluding diaryl/α,β-unsaturated/α-hetero) is 1. The fraction of sp³-hybridized carbons (Fsp3) is 0.400. The Kier molecular flexibility index (Phi) is 4.24. The average Bonchev–Trinajstić information content (AvgIpc) is 2.97. The van der Waals surface area contributed by atoms with Crippen LogP contribution in [0.5, 0.6) is 5.75 Å². The lowest BCUT2D eigenvalue weighted by molar-refractivity contribution is -0.119. The largest absolute Gasteiger partial charge is 0.495 e. The number of rotatable bonds is 4. The molecule has 3 rings (SSSR count). The second-order valence-electron chi connectivity index (χ2n) is 4.97. The molecule has 1 atom stereocenters. The smallest absolute Gasteiger partial charge is 0.196 e. The number of para-hydroxylation sites is 2. The van der Waals surface area contributed by atoms with Crippen LogP contribution in [-0.4, -0.2) is 32.9 Å². The van der Waals surface area contributed by atoms with Crippen molar-refractivity contribution in [3.05, 3.63) is 30.6 Å². The van der Waals surface area contributed by atoms with Crippen molar-refractivity contribution in [3.63, 3.8) is 0 Å². The van der Waals surface area contributed by atoms with Crippen LogP contribution < -0.4 is 4.74 Å². The molecule has 1 fully saturated rings. The van der Waals surface area contributed by atoms with Crippen LogP contribution in [-0.2, 0) is 4.79 Å². The van der Waals surface area contributed by atoms with Crippen LogP contribution in [0.2, 0.25) is 0 Å². The summed E-state index contributed by atoms with van der Waals surface area (Å²) in [5.74, 6) is 1.08. The zero-order valence-electron chi connectivity index (χ0n) is 11.9. The lowest BCUT2D eigenvalue weighted by atomic mass is 9.99. The Balaban J connectivity index is 1.88. The van der Waals surface area contributed by atoms with E-state index in [0.717, 1.165) is 35.9 Å². The maximum atomic E-state index is 12.0. The number of carbonyl (C=O) groups is 1. The highest BCUT2D eigenvalue weighted by molar-refractivity contribution is 8.00. The molecule has 0 N–H and O–H groups in total. The second kappa shape index (κ2) is 6.30. The molecule has 21 heavy (non-hydrogen) atoms. The molecule has 1 aliphatic rings. The molecule has 1 heterocycles. The van der Waals surface area contributed by atoms with Crippen molar-refractivity contribution in [3.8, 4) is 11.4 Å². The molecule has 0 amide bonds. The van der Waals surface area contributed by atoms with Crippen LogP contribution in [0.1, 0.15) is 25.7 Å². The number of ketones is 1. The number of ether oxygens (including phenoxy) is 1. The summed E-state index contributed by atoms with van der Waals surface area (Å²) < 4.78 is 7.26. The van der Waals surface area contributed by atoms with Crippen molar-refractivity contribution >= 4 is 17.5 Å². The lowest BCUT2D eigenvalue weighted by Crippen LogP contribution is -2.21. The predicted molar refractivity (Wildman–Crippen MR) is 81.0 cm³/mol. The third kappa shape index (κ3) is 2.95. The number of hydrogen-bond donors (Lipinski definition) is 0. The summed E-state index contributed by atoms with van der Waals surface area (Å²) in [6.45, 7) is 0. The van der Waals surface area contributed by atoms with Crippen molar-refractivity contribution in [1.29, 1.82) is 0 Å². The summed E-state index contributed by atoms with van der Waals surface area (Å²) >= 11 is 1.50. The Hall–Kier alpha value is -1.82. The van der Waals surface area contributed by atoms with E-state index < -0.39 is 0 Å². The molecule has 110 valence electrons. The third-order valence-electron chi connectivity index (χ3n) is 3.61. The minimum Gasteiger partial charge on any atom is -0.495 e. The van der Waals surface area contributed by atoms with Crippen molar-refractivity contribution in [2.24, 2.45) is 0 Å². The normalized spacial score (nSPS) is 18.7. The van der Waals surface area contributed by atoms with Crippen molar-refractivity contribution in [2.75, 3.05) is 7.11 Å². The van der Waals surface area contributed by atoms with E-state index in [9.17, 15) is 4.79 Å². The highest BCUT2D eigenvalue weighted by atomic mass is 32.2. The molecule has 0 aliphatic heterocycles. The first-order valence-corrected chi connectivity index (χ1v) is 7.90. The van der Waals surface area contributed by atoms with Gasteiger partial charge in [0.25, 0.3) is 0 Å². The number of aromatic nitrogens is 3. The molecule has 1 saturated carbocycles. The van der Waals surface area contributed by atoms with Crippen LogP contribution in [0.15, 0.2) is 35.7 Å². The fourth-order valence-corrected chi connectivity index (χ4v) is 3.64. The average molecular weight is 303 g/mol. The lowest BCUT2D eigenvalue weighted by Gasteiger charge is -2.19. The van der Waals surface area contributed by atoms with E-state index >= 15 is 0 Å². The molecule has 0 saturated heterocycles. The highest BCUT2D eigenvalue weighted by Gasteiger charge is 2.25. The number of carbonyl (C=O) groups excluding carboxylic acids is 1. The van der Waals surface area contributed by atoms with Gasteiger partial charge in [-0.2, -0.15) is 0 Å². The SMILES string of the molecule is COc1ccccc1-n1cnnc1S[C@@H]1CCCCC1=O. The molecule has 1 aromatic carbocycles. The minimum atomic E-state index is -0.00333. The Morgan fingerprint density at radius 1 is 1.33 bits per heavy atom. The Morgan fingerprint density at radius 3 is 3.00 bits per heavy atom. The first-order valence-electron chi connectivity index (χ1n) is 7.02. The first-order chi connectivity index (χ1) is 10.3. The van der Waals surface area contributed by atoms with E-state index in [4.69, 9.17) is 4.74 Å². The molecule has 0 unspecified atom stereocenters. The summed E-state index contributed by atoms with van der Waals surface area (Å²) in [5, 5.41) is 8.89. The Morgan fingerprint density at radius 2 is 2.19 bits per heavy atom. The second-order valence-corrected chi connectivity index (χ2v) is 6.14. The van der Waals surface area contributed by atoms with Crippen molar-refractivity contribution in [2.45, 2.75) is 36.1 Å². The fourth-order valence-electron chi connectivity index (χ4n) is 2.50. The van der Waals surface area contributed by atoms with E-state index in [1.54, 1.807) is 13.4 Å². The van der Waals surface area contributed by atoms with E-state index in [1.807, 2.05) is 28.8 Å². The maximum Gasteiger partial charge on any atom is 0.196 e. The summed E-state index contributed by atoms with van der Waals surface area (Å²) in [4.78, 5) is 12.0. The van der Waals surface area contributed by atoms with Crippen LogP contribution >= 0.6 is 11.8 Å². The van der Waals surface area contributed by atoms with Gasteiger partial charge in [-0.25, -0.2) is 0 Å². The van der Waals surface area contributed by atoms with Gasteiger partial charge in [0.15, 0.2) is 5.16 Å². The highest BCUT2D eigenvalue weighted by Crippen LogP contribution is 2.33.